The Labute approximate surface area is 484 Å². The summed E-state index contributed by atoms with van der Waals surface area (Å²) in [6.07, 6.45) is 3.78. The smallest absolute Gasteiger partial charge is 0.326 e. The van der Waals surface area contributed by atoms with E-state index in [1.807, 2.05) is 111 Å². The normalized spacial score (nSPS) is 17.1. The molecule has 466 valence electrons. The van der Waals surface area contributed by atoms with Crippen molar-refractivity contribution < 1.29 is 53.1 Å². The minimum atomic E-state index is -1.21. The third kappa shape index (κ3) is 28.4. The van der Waals surface area contributed by atoms with Crippen LogP contribution in [0.15, 0.2) is 0 Å². The van der Waals surface area contributed by atoms with Gasteiger partial charge in [-0.3, -0.25) is 43.2 Å². The van der Waals surface area contributed by atoms with Crippen molar-refractivity contribution in [3.63, 3.8) is 0 Å². The molecule has 81 heavy (non-hydrogen) atoms. The number of carboxylic acid groups (broad SMARTS) is 1. The Morgan fingerprint density at radius 3 is 1.00 bits per heavy atom. The van der Waals surface area contributed by atoms with Crippen LogP contribution in [-0.2, 0) is 47.9 Å². The van der Waals surface area contributed by atoms with E-state index in [-0.39, 0.29) is 105 Å². The fourth-order valence-electron chi connectivity index (χ4n) is 9.96. The van der Waals surface area contributed by atoms with Crippen LogP contribution in [0.2, 0.25) is 0 Å². The van der Waals surface area contributed by atoms with Crippen molar-refractivity contribution in [3.8, 4) is 0 Å². The summed E-state index contributed by atoms with van der Waals surface area (Å²) in [5.74, 6) is -6.94. The van der Waals surface area contributed by atoms with Gasteiger partial charge in [0.25, 0.3) is 0 Å². The Hall–Kier alpha value is -5.38. The molecule has 0 aliphatic carbocycles. The Morgan fingerprint density at radius 1 is 0.407 bits per heavy atom. The molecule has 1 aliphatic rings. The molecule has 0 aromatic carbocycles. The lowest BCUT2D eigenvalue weighted by molar-refractivity contribution is -0.143. The zero-order chi connectivity index (χ0) is 62.0. The molecule has 1 rings (SSSR count). The van der Waals surface area contributed by atoms with Gasteiger partial charge in [0.1, 0.15) is 54.4 Å². The highest BCUT2D eigenvalue weighted by atomic mass is 16.4. The maximum absolute atomic E-state index is 14.7. The fraction of sp³-hybridized carbons (Fsp3) is 0.831. The number of carboxylic acids is 1. The molecule has 22 nitrogen and oxygen atoms in total. The molecule has 1 aliphatic heterocycles. The summed E-state index contributed by atoms with van der Waals surface area (Å²) in [4.78, 5) is 140. The van der Waals surface area contributed by atoms with Gasteiger partial charge in [-0.25, -0.2) is 4.79 Å². The molecule has 0 radical (unpaired) electrons. The number of carbonyl (C=O) groups excluding carboxylic acids is 9. The van der Waals surface area contributed by atoms with E-state index < -0.39 is 120 Å². The maximum Gasteiger partial charge on any atom is 0.326 e. The molecule has 1 fully saturated rings. The first kappa shape index (κ1) is 73.6. The molecule has 0 saturated carbocycles. The lowest BCUT2D eigenvalue weighted by Crippen LogP contribution is -2.60. The number of nitrogens with one attached hydrogen (secondary N) is 8. The lowest BCUT2D eigenvalue weighted by Gasteiger charge is -2.32. The van der Waals surface area contributed by atoms with Crippen LogP contribution in [0, 0.1) is 47.3 Å². The molecular formula is C59H109N11O11. The Morgan fingerprint density at radius 2 is 0.691 bits per heavy atom. The SMILES string of the molecule is CC(C)C[C@H](NC(=O)[C@H](CC(C)C)NC(=O)[C@H](CC(C)C)NC(=O)[C@H](CC(C)C)NC(=O)[C@@H]1CCCN1C(=O)[C@H](CC(C)C)NC(=O)[C@H](CC(C)C)NC(=O)[C@H](CC(C)C)NC(=O)[C@@H](N)CC(C)C)C(=O)N[C@@H](CCCCN)C(=O)O. The zero-order valence-electron chi connectivity index (χ0n) is 52.1. The molecule has 0 spiro atoms. The highest BCUT2D eigenvalue weighted by molar-refractivity contribution is 5.98. The number of hydrogen-bond donors (Lipinski definition) is 11. The number of nitrogens with two attached hydrogens (primary N) is 2. The molecule has 0 bridgehead atoms. The highest BCUT2D eigenvalue weighted by Gasteiger charge is 2.41. The number of hydrogen-bond acceptors (Lipinski definition) is 12. The van der Waals surface area contributed by atoms with Gasteiger partial charge in [-0.05, 0) is 137 Å². The van der Waals surface area contributed by atoms with Crippen LogP contribution < -0.4 is 54.0 Å². The summed E-state index contributed by atoms with van der Waals surface area (Å²) in [7, 11) is 0. The second kappa shape index (κ2) is 37.0. The summed E-state index contributed by atoms with van der Waals surface area (Å²) < 4.78 is 0. The van der Waals surface area contributed by atoms with Gasteiger partial charge in [-0.1, -0.05) is 111 Å². The average molecular weight is 1150 g/mol. The van der Waals surface area contributed by atoms with Gasteiger partial charge in [0.05, 0.1) is 6.04 Å². The summed E-state index contributed by atoms with van der Waals surface area (Å²) in [5.41, 5.74) is 11.8. The number of nitrogens with zero attached hydrogens (tertiary/aromatic N) is 1. The number of amides is 9. The quantitative estimate of drug-likeness (QED) is 0.0393. The maximum atomic E-state index is 14.7. The van der Waals surface area contributed by atoms with E-state index in [1.165, 1.54) is 4.90 Å². The highest BCUT2D eigenvalue weighted by Crippen LogP contribution is 2.23. The molecule has 22 heteroatoms. The van der Waals surface area contributed by atoms with Crippen molar-refractivity contribution in [2.75, 3.05) is 13.1 Å². The molecule has 10 atom stereocenters. The first-order valence-corrected chi connectivity index (χ1v) is 30.1. The van der Waals surface area contributed by atoms with Crippen LogP contribution >= 0.6 is 0 Å². The predicted molar refractivity (Wildman–Crippen MR) is 314 cm³/mol. The molecule has 1 saturated heterocycles. The van der Waals surface area contributed by atoms with E-state index >= 15 is 0 Å². The minimum Gasteiger partial charge on any atom is -0.480 e. The lowest BCUT2D eigenvalue weighted by atomic mass is 9.97. The van der Waals surface area contributed by atoms with Crippen LogP contribution in [-0.4, -0.2) is 143 Å². The third-order valence-electron chi connectivity index (χ3n) is 13.8. The van der Waals surface area contributed by atoms with Crippen molar-refractivity contribution in [2.45, 2.75) is 255 Å². The van der Waals surface area contributed by atoms with Crippen molar-refractivity contribution in [1.82, 2.24) is 47.4 Å². The molecule has 0 aromatic heterocycles. The number of unbranched alkanes of at least 4 members (excludes halogenated alkanes) is 1. The summed E-state index contributed by atoms with van der Waals surface area (Å²) in [6.45, 7) is 30.8. The second-order valence-electron chi connectivity index (χ2n) is 25.9. The molecule has 9 amide bonds. The zero-order valence-corrected chi connectivity index (χ0v) is 52.1. The molecule has 0 aromatic rings. The molecule has 1 heterocycles. The molecule has 0 unspecified atom stereocenters. The first-order valence-electron chi connectivity index (χ1n) is 30.1. The van der Waals surface area contributed by atoms with Crippen molar-refractivity contribution >= 4 is 59.1 Å². The van der Waals surface area contributed by atoms with E-state index in [9.17, 15) is 53.1 Å². The van der Waals surface area contributed by atoms with Gasteiger partial charge >= 0.3 is 5.97 Å². The van der Waals surface area contributed by atoms with E-state index in [0.717, 1.165) is 0 Å². The monoisotopic (exact) mass is 1150 g/mol. The standard InChI is InChI=1S/C59H109N11O11/c1-32(2)24-40(61)50(71)63-42(25-33(3)4)52(73)67-46(29-37(11)12)56(77)69-48(31-39(15)16)58(79)70-23-19-21-49(70)57(78)68-47(30-38(13)14)55(76)66-45(28-36(9)10)54(75)65-44(27-35(7)8)53(74)64-43(26-34(5)6)51(72)62-41(59(80)81)20-17-18-22-60/h32-49H,17-31,60-61H2,1-16H3,(H,62,72)(H,63,71)(H,64,74)(H,65,75)(H,66,76)(H,67,73)(H,68,78)(H,69,77)(H,80,81)/t40-,41-,42-,43-,44-,45-,46-,47-,48-,49-/m0/s1. The first-order chi connectivity index (χ1) is 37.7. The predicted octanol–water partition coefficient (Wildman–Crippen LogP) is 3.77. The molecule has 13 N–H and O–H groups in total. The van der Waals surface area contributed by atoms with Gasteiger partial charge in [0.15, 0.2) is 0 Å². The summed E-state index contributed by atoms with van der Waals surface area (Å²) >= 11 is 0. The van der Waals surface area contributed by atoms with Crippen molar-refractivity contribution in [1.29, 1.82) is 0 Å². The van der Waals surface area contributed by atoms with Crippen molar-refractivity contribution in [3.05, 3.63) is 0 Å². The Bertz CT molecular complexity index is 2030. The number of carbonyl (C=O) groups is 10. The second-order valence-corrected chi connectivity index (χ2v) is 25.9. The topological polar surface area (TPSA) is 342 Å². The van der Waals surface area contributed by atoms with Crippen LogP contribution in [0.5, 0.6) is 0 Å². The summed E-state index contributed by atoms with van der Waals surface area (Å²) in [6, 6.07) is -10.7. The van der Waals surface area contributed by atoms with Gasteiger partial charge in [0.2, 0.25) is 53.2 Å². The fourth-order valence-corrected chi connectivity index (χ4v) is 9.96. The Kier molecular flexibility index (Phi) is 33.6. The minimum absolute atomic E-state index is 0.00993. The van der Waals surface area contributed by atoms with E-state index in [1.54, 1.807) is 0 Å². The number of aliphatic carboxylic acids is 1. The van der Waals surface area contributed by atoms with Crippen LogP contribution in [0.1, 0.15) is 194 Å². The molecular weight excluding hydrogens is 1040 g/mol. The third-order valence-corrected chi connectivity index (χ3v) is 13.8. The van der Waals surface area contributed by atoms with E-state index in [0.29, 0.717) is 38.6 Å². The summed E-state index contributed by atoms with van der Waals surface area (Å²) in [5, 5.41) is 32.3. The van der Waals surface area contributed by atoms with E-state index in [4.69, 9.17) is 11.5 Å². The largest absolute Gasteiger partial charge is 0.480 e. The van der Waals surface area contributed by atoms with Crippen LogP contribution in [0.4, 0.5) is 0 Å². The van der Waals surface area contributed by atoms with Gasteiger partial charge in [-0.15, -0.1) is 0 Å². The average Bonchev–Trinajstić information content (AvgIpc) is 3.84. The van der Waals surface area contributed by atoms with Crippen LogP contribution in [0.3, 0.4) is 0 Å². The number of rotatable bonds is 38. The van der Waals surface area contributed by atoms with E-state index in [2.05, 4.69) is 42.5 Å². The van der Waals surface area contributed by atoms with Gasteiger partial charge in [0, 0.05) is 6.54 Å². The Balaban J connectivity index is 3.46. The van der Waals surface area contributed by atoms with Gasteiger partial charge in [-0.2, -0.15) is 0 Å². The van der Waals surface area contributed by atoms with Crippen LogP contribution in [0.25, 0.3) is 0 Å². The number of likely N-dealkylation sites (tertiary alicyclic amines) is 1. The van der Waals surface area contributed by atoms with Gasteiger partial charge < -0.3 is 64.0 Å². The van der Waals surface area contributed by atoms with Crippen molar-refractivity contribution in [2.24, 2.45) is 58.8 Å².